The van der Waals surface area contributed by atoms with Gasteiger partial charge in [0.1, 0.15) is 11.4 Å². The van der Waals surface area contributed by atoms with Crippen LogP contribution in [0.5, 0.6) is 5.75 Å². The highest BCUT2D eigenvalue weighted by atomic mass is 16.5. The average molecular weight is 311 g/mol. The fourth-order valence-corrected chi connectivity index (χ4v) is 3.41. The molecule has 1 aliphatic rings. The van der Waals surface area contributed by atoms with Crippen molar-refractivity contribution in [2.45, 2.75) is 25.0 Å². The van der Waals surface area contributed by atoms with Gasteiger partial charge in [0.05, 0.1) is 13.7 Å². The Balaban J connectivity index is 1.97. The minimum Gasteiger partial charge on any atom is -0.497 e. The summed E-state index contributed by atoms with van der Waals surface area (Å²) in [5.74, 6) is 0.878. The molecule has 1 aliphatic heterocycles. The van der Waals surface area contributed by atoms with Crippen LogP contribution in [0.15, 0.2) is 48.5 Å². The summed E-state index contributed by atoms with van der Waals surface area (Å²) < 4.78 is 11.7. The van der Waals surface area contributed by atoms with Crippen molar-refractivity contribution in [3.05, 3.63) is 65.2 Å². The molecule has 0 radical (unpaired) electrons. The number of methoxy groups -OCH3 is 1. The van der Waals surface area contributed by atoms with E-state index in [0.717, 1.165) is 25.1 Å². The van der Waals surface area contributed by atoms with E-state index in [0.29, 0.717) is 6.61 Å². The van der Waals surface area contributed by atoms with Gasteiger partial charge in [-0.1, -0.05) is 36.4 Å². The maximum atomic E-state index is 6.39. The number of nitrogens with zero attached hydrogens (tertiary/aromatic N) is 1. The Hall–Kier alpha value is -1.84. The molecular weight excluding hydrogens is 286 g/mol. The standard InChI is InChI=1S/C20H25NO2/c1-21(2)14-6-13-20(17-9-11-18(22-3)12-10-17)19-8-5-4-7-16(19)15-23-20/h4-5,7-12H,6,13-15H2,1-3H3. The van der Waals surface area contributed by atoms with Crippen LogP contribution in [0.4, 0.5) is 0 Å². The molecule has 0 aliphatic carbocycles. The SMILES string of the molecule is COc1ccc(C2(CCCN(C)C)OCc3ccccc32)cc1. The van der Waals surface area contributed by atoms with Gasteiger partial charge in [0.15, 0.2) is 0 Å². The Morgan fingerprint density at radius 2 is 1.83 bits per heavy atom. The van der Waals surface area contributed by atoms with Gasteiger partial charge in [0.25, 0.3) is 0 Å². The summed E-state index contributed by atoms with van der Waals surface area (Å²) in [6.07, 6.45) is 2.07. The Kier molecular flexibility index (Phi) is 4.69. The maximum Gasteiger partial charge on any atom is 0.119 e. The summed E-state index contributed by atoms with van der Waals surface area (Å²) >= 11 is 0. The Bertz CT molecular complexity index is 651. The lowest BCUT2D eigenvalue weighted by Crippen LogP contribution is -2.28. The molecule has 3 rings (SSSR count). The third-order valence-electron chi connectivity index (χ3n) is 4.62. The van der Waals surface area contributed by atoms with Crippen molar-refractivity contribution >= 4 is 0 Å². The number of ether oxygens (including phenoxy) is 2. The van der Waals surface area contributed by atoms with Gasteiger partial charge in [-0.2, -0.15) is 0 Å². The van der Waals surface area contributed by atoms with E-state index in [-0.39, 0.29) is 5.60 Å². The van der Waals surface area contributed by atoms with E-state index in [9.17, 15) is 0 Å². The van der Waals surface area contributed by atoms with Crippen LogP contribution in [-0.4, -0.2) is 32.6 Å². The second kappa shape index (κ2) is 6.73. The van der Waals surface area contributed by atoms with Crippen molar-refractivity contribution in [1.82, 2.24) is 4.90 Å². The topological polar surface area (TPSA) is 21.7 Å². The summed E-state index contributed by atoms with van der Waals surface area (Å²) in [6.45, 7) is 1.74. The zero-order chi connectivity index (χ0) is 16.3. The van der Waals surface area contributed by atoms with Crippen LogP contribution in [0.3, 0.4) is 0 Å². The van der Waals surface area contributed by atoms with Crippen molar-refractivity contribution in [1.29, 1.82) is 0 Å². The minimum absolute atomic E-state index is 0.334. The zero-order valence-electron chi connectivity index (χ0n) is 14.2. The van der Waals surface area contributed by atoms with Gasteiger partial charge in [0.2, 0.25) is 0 Å². The first-order valence-electron chi connectivity index (χ1n) is 8.17. The second-order valence-corrected chi connectivity index (χ2v) is 6.41. The Morgan fingerprint density at radius 3 is 2.52 bits per heavy atom. The molecule has 3 nitrogen and oxygen atoms in total. The number of hydrogen-bond acceptors (Lipinski definition) is 3. The van der Waals surface area contributed by atoms with Crippen molar-refractivity contribution < 1.29 is 9.47 Å². The second-order valence-electron chi connectivity index (χ2n) is 6.41. The van der Waals surface area contributed by atoms with Crippen molar-refractivity contribution in [3.63, 3.8) is 0 Å². The predicted octanol–water partition coefficient (Wildman–Crippen LogP) is 3.81. The first kappa shape index (κ1) is 16.0. The molecule has 0 amide bonds. The average Bonchev–Trinajstić information content (AvgIpc) is 2.95. The molecular formula is C20H25NO2. The van der Waals surface area contributed by atoms with Crippen molar-refractivity contribution in [2.24, 2.45) is 0 Å². The lowest BCUT2D eigenvalue weighted by atomic mass is 9.82. The first-order chi connectivity index (χ1) is 11.2. The molecule has 3 heteroatoms. The van der Waals surface area contributed by atoms with Crippen molar-refractivity contribution in [2.75, 3.05) is 27.7 Å². The fraction of sp³-hybridized carbons (Fsp3) is 0.400. The largest absolute Gasteiger partial charge is 0.497 e. The van der Waals surface area contributed by atoms with E-state index in [1.807, 2.05) is 12.1 Å². The zero-order valence-corrected chi connectivity index (χ0v) is 14.2. The lowest BCUT2D eigenvalue weighted by Gasteiger charge is -2.31. The smallest absolute Gasteiger partial charge is 0.119 e. The quantitative estimate of drug-likeness (QED) is 0.810. The monoisotopic (exact) mass is 311 g/mol. The third-order valence-corrected chi connectivity index (χ3v) is 4.62. The maximum absolute atomic E-state index is 6.39. The van der Waals surface area contributed by atoms with E-state index in [4.69, 9.17) is 9.47 Å². The molecule has 1 unspecified atom stereocenters. The van der Waals surface area contributed by atoms with E-state index >= 15 is 0 Å². The number of hydrogen-bond donors (Lipinski definition) is 0. The summed E-state index contributed by atoms with van der Waals surface area (Å²) in [6, 6.07) is 16.9. The van der Waals surface area contributed by atoms with Gasteiger partial charge in [-0.25, -0.2) is 0 Å². The Morgan fingerprint density at radius 1 is 1.09 bits per heavy atom. The normalized spacial score (nSPS) is 19.8. The molecule has 1 atom stereocenters. The van der Waals surface area contributed by atoms with Gasteiger partial charge in [0, 0.05) is 0 Å². The predicted molar refractivity (Wildman–Crippen MR) is 92.8 cm³/mol. The summed E-state index contributed by atoms with van der Waals surface area (Å²) in [7, 11) is 5.93. The van der Waals surface area contributed by atoms with E-state index in [2.05, 4.69) is 55.4 Å². The van der Waals surface area contributed by atoms with Crippen LogP contribution in [0.1, 0.15) is 29.5 Å². The summed E-state index contributed by atoms with van der Waals surface area (Å²) in [4.78, 5) is 2.22. The molecule has 1 heterocycles. The van der Waals surface area contributed by atoms with Gasteiger partial charge in [-0.15, -0.1) is 0 Å². The minimum atomic E-state index is -0.334. The summed E-state index contributed by atoms with van der Waals surface area (Å²) in [5.41, 5.74) is 3.48. The molecule has 0 aromatic heterocycles. The highest BCUT2D eigenvalue weighted by Crippen LogP contribution is 2.45. The van der Waals surface area contributed by atoms with Crippen LogP contribution >= 0.6 is 0 Å². The molecule has 0 saturated carbocycles. The summed E-state index contributed by atoms with van der Waals surface area (Å²) in [5, 5.41) is 0. The molecule has 0 N–H and O–H groups in total. The molecule has 0 bridgehead atoms. The molecule has 2 aromatic rings. The van der Waals surface area contributed by atoms with Crippen LogP contribution in [0.2, 0.25) is 0 Å². The molecule has 122 valence electrons. The highest BCUT2D eigenvalue weighted by molar-refractivity contribution is 5.45. The van der Waals surface area contributed by atoms with Crippen molar-refractivity contribution in [3.8, 4) is 5.75 Å². The van der Waals surface area contributed by atoms with Crippen LogP contribution in [-0.2, 0) is 16.9 Å². The van der Waals surface area contributed by atoms with E-state index in [1.165, 1.54) is 16.7 Å². The molecule has 0 fully saturated rings. The number of fused-ring (bicyclic) bond motifs is 1. The number of rotatable bonds is 6. The number of benzene rings is 2. The lowest BCUT2D eigenvalue weighted by molar-refractivity contribution is -0.0139. The van der Waals surface area contributed by atoms with Crippen LogP contribution < -0.4 is 4.74 Å². The first-order valence-corrected chi connectivity index (χ1v) is 8.17. The highest BCUT2D eigenvalue weighted by Gasteiger charge is 2.41. The molecule has 2 aromatic carbocycles. The van der Waals surface area contributed by atoms with Gasteiger partial charge < -0.3 is 14.4 Å². The third kappa shape index (κ3) is 3.12. The Labute approximate surface area is 138 Å². The van der Waals surface area contributed by atoms with Gasteiger partial charge >= 0.3 is 0 Å². The van der Waals surface area contributed by atoms with Gasteiger partial charge in [-0.3, -0.25) is 0 Å². The van der Waals surface area contributed by atoms with Crippen LogP contribution in [0.25, 0.3) is 0 Å². The molecule has 23 heavy (non-hydrogen) atoms. The molecule has 0 spiro atoms. The fourth-order valence-electron chi connectivity index (χ4n) is 3.41. The van der Waals surface area contributed by atoms with E-state index < -0.39 is 0 Å². The van der Waals surface area contributed by atoms with Gasteiger partial charge in [-0.05, 0) is 62.3 Å². The van der Waals surface area contributed by atoms with E-state index in [1.54, 1.807) is 7.11 Å². The molecule has 0 saturated heterocycles. The van der Waals surface area contributed by atoms with Crippen LogP contribution in [0, 0.1) is 0 Å².